The van der Waals surface area contributed by atoms with Crippen LogP contribution in [0.1, 0.15) is 51.7 Å². The summed E-state index contributed by atoms with van der Waals surface area (Å²) < 4.78 is 5.99. The molecule has 3 rings (SSSR count). The summed E-state index contributed by atoms with van der Waals surface area (Å²) in [6, 6.07) is 19.5. The van der Waals surface area contributed by atoms with Gasteiger partial charge in [0.1, 0.15) is 0 Å². The molecule has 1 atom stereocenters. The maximum absolute atomic E-state index is 5.99. The van der Waals surface area contributed by atoms with Crippen LogP contribution in [0.2, 0.25) is 0 Å². The Labute approximate surface area is 172 Å². The molecular formula is C25H40N2O. The van der Waals surface area contributed by atoms with Crippen LogP contribution in [0, 0.1) is 6.92 Å². The zero-order chi connectivity index (χ0) is 21.0. The van der Waals surface area contributed by atoms with Crippen molar-refractivity contribution in [1.29, 1.82) is 0 Å². The van der Waals surface area contributed by atoms with Gasteiger partial charge in [0.05, 0.1) is 5.60 Å². The van der Waals surface area contributed by atoms with Crippen molar-refractivity contribution in [1.82, 2.24) is 5.32 Å². The third-order valence-electron chi connectivity index (χ3n) is 4.91. The molecule has 28 heavy (non-hydrogen) atoms. The molecule has 0 aromatic heterocycles. The number of para-hydroxylation sites is 1. The Morgan fingerprint density at radius 3 is 2.04 bits per heavy atom. The number of hydrogen-bond acceptors (Lipinski definition) is 3. The van der Waals surface area contributed by atoms with E-state index in [0.29, 0.717) is 0 Å². The van der Waals surface area contributed by atoms with Crippen molar-refractivity contribution in [2.75, 3.05) is 32.6 Å². The second kappa shape index (κ2) is 11.9. The lowest BCUT2D eigenvalue weighted by molar-refractivity contribution is -0.0798. The largest absolute Gasteiger partial charge is 0.384 e. The minimum Gasteiger partial charge on any atom is -0.384 e. The van der Waals surface area contributed by atoms with Gasteiger partial charge >= 0.3 is 0 Å². The number of rotatable bonds is 4. The molecule has 0 saturated carbocycles. The van der Waals surface area contributed by atoms with Crippen molar-refractivity contribution in [3.05, 3.63) is 65.7 Å². The lowest BCUT2D eigenvalue weighted by atomic mass is 9.69. The minimum atomic E-state index is -0.0818. The summed E-state index contributed by atoms with van der Waals surface area (Å²) >= 11 is 0. The Morgan fingerprint density at radius 2 is 1.50 bits per heavy atom. The van der Waals surface area contributed by atoms with Crippen molar-refractivity contribution in [2.24, 2.45) is 0 Å². The summed E-state index contributed by atoms with van der Waals surface area (Å²) in [5.74, 6) is 0. The zero-order valence-electron chi connectivity index (χ0n) is 18.9. The topological polar surface area (TPSA) is 33.3 Å². The Kier molecular flexibility index (Phi) is 10.3. The van der Waals surface area contributed by atoms with Gasteiger partial charge in [-0.3, -0.25) is 0 Å². The van der Waals surface area contributed by atoms with Gasteiger partial charge < -0.3 is 15.4 Å². The van der Waals surface area contributed by atoms with Crippen LogP contribution in [-0.2, 0) is 10.2 Å². The van der Waals surface area contributed by atoms with E-state index in [1.165, 1.54) is 16.8 Å². The van der Waals surface area contributed by atoms with Crippen molar-refractivity contribution in [2.45, 2.75) is 58.5 Å². The molecule has 1 heterocycles. The van der Waals surface area contributed by atoms with Crippen molar-refractivity contribution in [3.63, 3.8) is 0 Å². The predicted octanol–water partition coefficient (Wildman–Crippen LogP) is 5.80. The number of anilines is 1. The standard InChI is InChI=1S/C21H27NO.C2H7N.C2H6/c1-17-9-11-18(12-10-17)21(13-14-23-20(2,3)15-21)16-22-19-7-5-4-6-8-19;1-3-2;1-2/h4-12,22H,13-16H2,1-3H3;3H,1-2H3;1-2H3. The van der Waals surface area contributed by atoms with Gasteiger partial charge in [0.25, 0.3) is 0 Å². The Morgan fingerprint density at radius 1 is 0.929 bits per heavy atom. The SMILES string of the molecule is CC.CNC.Cc1ccc(C2(CNc3ccccc3)CCOC(C)(C)C2)cc1. The van der Waals surface area contributed by atoms with E-state index in [1.807, 2.05) is 27.9 Å². The van der Waals surface area contributed by atoms with Crippen LogP contribution in [0.25, 0.3) is 0 Å². The molecule has 0 bridgehead atoms. The lowest BCUT2D eigenvalue weighted by Crippen LogP contribution is -2.47. The fraction of sp³-hybridized carbons (Fsp3) is 0.520. The first-order valence-corrected chi connectivity index (χ1v) is 10.5. The van der Waals surface area contributed by atoms with Gasteiger partial charge in [-0.15, -0.1) is 0 Å². The zero-order valence-corrected chi connectivity index (χ0v) is 18.9. The lowest BCUT2D eigenvalue weighted by Gasteiger charge is -2.45. The Bertz CT molecular complexity index is 652. The van der Waals surface area contributed by atoms with Crippen LogP contribution in [0.4, 0.5) is 5.69 Å². The van der Waals surface area contributed by atoms with E-state index < -0.39 is 0 Å². The first-order valence-electron chi connectivity index (χ1n) is 10.5. The summed E-state index contributed by atoms with van der Waals surface area (Å²) in [5.41, 5.74) is 3.95. The smallest absolute Gasteiger partial charge is 0.0635 e. The van der Waals surface area contributed by atoms with Gasteiger partial charge in [0.2, 0.25) is 0 Å². The van der Waals surface area contributed by atoms with E-state index in [2.05, 4.69) is 86.0 Å². The molecule has 156 valence electrons. The molecule has 1 aliphatic heterocycles. The molecule has 2 aromatic carbocycles. The van der Waals surface area contributed by atoms with Crippen LogP contribution in [0.5, 0.6) is 0 Å². The quantitative estimate of drug-likeness (QED) is 0.699. The first-order chi connectivity index (χ1) is 13.4. The molecule has 3 nitrogen and oxygen atoms in total. The van der Waals surface area contributed by atoms with E-state index in [0.717, 1.165) is 26.0 Å². The van der Waals surface area contributed by atoms with E-state index in [4.69, 9.17) is 4.74 Å². The van der Waals surface area contributed by atoms with Crippen LogP contribution in [0.15, 0.2) is 54.6 Å². The first kappa shape index (κ1) is 24.2. The van der Waals surface area contributed by atoms with Crippen LogP contribution < -0.4 is 10.6 Å². The molecule has 1 aliphatic rings. The highest BCUT2D eigenvalue weighted by molar-refractivity contribution is 5.44. The van der Waals surface area contributed by atoms with Gasteiger partial charge in [-0.1, -0.05) is 61.9 Å². The number of nitrogens with one attached hydrogen (secondary N) is 2. The van der Waals surface area contributed by atoms with Crippen LogP contribution in [-0.4, -0.2) is 32.8 Å². The number of aryl methyl sites for hydroxylation is 1. The third kappa shape index (κ3) is 7.29. The fourth-order valence-electron chi connectivity index (χ4n) is 3.71. The van der Waals surface area contributed by atoms with Crippen LogP contribution >= 0.6 is 0 Å². The molecule has 2 aromatic rings. The molecule has 0 aliphatic carbocycles. The monoisotopic (exact) mass is 384 g/mol. The van der Waals surface area contributed by atoms with E-state index in [1.54, 1.807) is 0 Å². The van der Waals surface area contributed by atoms with E-state index >= 15 is 0 Å². The molecule has 1 saturated heterocycles. The van der Waals surface area contributed by atoms with Gasteiger partial charge in [-0.25, -0.2) is 0 Å². The maximum atomic E-state index is 5.99. The summed E-state index contributed by atoms with van der Waals surface area (Å²) in [5, 5.41) is 6.40. The molecule has 0 amide bonds. The fourth-order valence-corrected chi connectivity index (χ4v) is 3.71. The van der Waals surface area contributed by atoms with Crippen molar-refractivity contribution >= 4 is 5.69 Å². The Balaban J connectivity index is 0.000000717. The number of ether oxygens (including phenoxy) is 1. The molecule has 0 spiro atoms. The van der Waals surface area contributed by atoms with Gasteiger partial charge in [0, 0.05) is 24.3 Å². The van der Waals surface area contributed by atoms with E-state index in [-0.39, 0.29) is 11.0 Å². The van der Waals surface area contributed by atoms with Gasteiger partial charge in [-0.05, 0) is 65.4 Å². The highest BCUT2D eigenvalue weighted by atomic mass is 16.5. The number of benzene rings is 2. The maximum Gasteiger partial charge on any atom is 0.0635 e. The minimum absolute atomic E-state index is 0.0818. The molecular weight excluding hydrogens is 344 g/mol. The molecule has 1 fully saturated rings. The second-order valence-electron chi connectivity index (χ2n) is 7.90. The van der Waals surface area contributed by atoms with Crippen molar-refractivity contribution < 1.29 is 4.74 Å². The summed E-state index contributed by atoms with van der Waals surface area (Å²) in [6.45, 7) is 12.3. The highest BCUT2D eigenvalue weighted by Crippen LogP contribution is 2.41. The van der Waals surface area contributed by atoms with Crippen molar-refractivity contribution in [3.8, 4) is 0 Å². The third-order valence-corrected chi connectivity index (χ3v) is 4.91. The van der Waals surface area contributed by atoms with E-state index in [9.17, 15) is 0 Å². The molecule has 1 unspecified atom stereocenters. The molecule has 2 N–H and O–H groups in total. The average Bonchev–Trinajstić information content (AvgIpc) is 2.69. The normalized spacial score (nSPS) is 20.1. The summed E-state index contributed by atoms with van der Waals surface area (Å²) in [4.78, 5) is 0. The second-order valence-corrected chi connectivity index (χ2v) is 7.90. The Hall–Kier alpha value is -1.84. The van der Waals surface area contributed by atoms with Crippen LogP contribution in [0.3, 0.4) is 0 Å². The molecule has 3 heteroatoms. The highest BCUT2D eigenvalue weighted by Gasteiger charge is 2.42. The molecule has 0 radical (unpaired) electrons. The number of hydrogen-bond donors (Lipinski definition) is 2. The van der Waals surface area contributed by atoms with Gasteiger partial charge in [0.15, 0.2) is 0 Å². The predicted molar refractivity (Wildman–Crippen MR) is 123 cm³/mol. The summed E-state index contributed by atoms with van der Waals surface area (Å²) in [7, 11) is 3.75. The summed E-state index contributed by atoms with van der Waals surface area (Å²) in [6.07, 6.45) is 2.09. The average molecular weight is 385 g/mol. The van der Waals surface area contributed by atoms with Gasteiger partial charge in [-0.2, -0.15) is 0 Å².